The Balaban J connectivity index is 3.23. The summed E-state index contributed by atoms with van der Waals surface area (Å²) in [5.74, 6) is 0. The average molecular weight is 234 g/mol. The molecule has 0 saturated carbocycles. The van der Waals surface area contributed by atoms with Crippen LogP contribution in [0.15, 0.2) is 0 Å². The summed E-state index contributed by atoms with van der Waals surface area (Å²) >= 11 is 0. The summed E-state index contributed by atoms with van der Waals surface area (Å²) in [6, 6.07) is 0. The normalized spacial score (nSPS) is 15.0. The van der Waals surface area contributed by atoms with E-state index in [9.17, 15) is 0 Å². The number of hydrogen-bond donors (Lipinski definition) is 0. The highest BCUT2D eigenvalue weighted by Gasteiger charge is 2.10. The molecule has 0 fully saturated rings. The van der Waals surface area contributed by atoms with Crippen LogP contribution in [0.5, 0.6) is 0 Å². The predicted molar refractivity (Wildman–Crippen MR) is 75.0 cm³/mol. The van der Waals surface area contributed by atoms with Crippen LogP contribution in [0.1, 0.15) is 41.5 Å². The van der Waals surface area contributed by atoms with Crippen molar-refractivity contribution in [3.8, 4) is 0 Å². The molecule has 0 nitrogen and oxygen atoms in total. The van der Waals surface area contributed by atoms with Gasteiger partial charge in [-0.3, -0.25) is 0 Å². The third-order valence-electron chi connectivity index (χ3n) is 1.79. The first-order valence-corrected chi connectivity index (χ1v) is 8.45. The highest BCUT2D eigenvalue weighted by Crippen LogP contribution is 2.29. The summed E-state index contributed by atoms with van der Waals surface area (Å²) in [7, 11) is 2.37. The van der Waals surface area contributed by atoms with Crippen LogP contribution in [0.25, 0.3) is 0 Å². The van der Waals surface area contributed by atoms with Crippen molar-refractivity contribution in [3.05, 3.63) is 0 Å². The molecule has 2 heteroatoms. The molecule has 0 radical (unpaired) electrons. The van der Waals surface area contributed by atoms with Crippen molar-refractivity contribution < 1.29 is 0 Å². The molecular weight excluding hydrogens is 206 g/mol. The van der Waals surface area contributed by atoms with Gasteiger partial charge in [-0.2, -0.15) is 0 Å². The third kappa shape index (κ3) is 12.9. The lowest BCUT2D eigenvalue weighted by Crippen LogP contribution is -2.09. The largest absolute Gasteiger partial charge is 0.121 e. The fourth-order valence-electron chi connectivity index (χ4n) is 1.10. The summed E-state index contributed by atoms with van der Waals surface area (Å²) < 4.78 is 0. The van der Waals surface area contributed by atoms with Crippen molar-refractivity contribution in [3.63, 3.8) is 0 Å². The molecule has 0 aromatic carbocycles. The molecule has 0 aromatic rings. The number of rotatable bonds is 5. The predicted octanol–water partition coefficient (Wildman–Crippen LogP) is 4.44. The van der Waals surface area contributed by atoms with E-state index in [1.807, 2.05) is 0 Å². The smallest absolute Gasteiger partial charge is 0.0304 e. The molecule has 0 rings (SSSR count). The highest BCUT2D eigenvalue weighted by molar-refractivity contribution is 7.42. The zero-order valence-electron chi connectivity index (χ0n) is 10.8. The molecule has 0 heterocycles. The minimum atomic E-state index is 0.547. The molecular formula is C12H28P2. The highest BCUT2D eigenvalue weighted by atomic mass is 31.1. The Morgan fingerprint density at radius 2 is 0.929 bits per heavy atom. The summed E-state index contributed by atoms with van der Waals surface area (Å²) in [4.78, 5) is 0. The van der Waals surface area contributed by atoms with Crippen LogP contribution in [-0.2, 0) is 0 Å². The van der Waals surface area contributed by atoms with Crippen LogP contribution in [0.2, 0.25) is 0 Å². The van der Waals surface area contributed by atoms with Crippen LogP contribution >= 0.6 is 17.2 Å². The van der Waals surface area contributed by atoms with E-state index in [1.165, 1.54) is 41.8 Å². The van der Waals surface area contributed by atoms with Crippen molar-refractivity contribution in [2.75, 3.05) is 24.6 Å². The molecule has 14 heavy (non-hydrogen) atoms. The SMILES string of the molecule is CC(C)(C)CPCCPCC(C)(C)C. The molecule has 0 N–H and O–H groups in total. The maximum Gasteiger partial charge on any atom is -0.0304 e. The van der Waals surface area contributed by atoms with Crippen molar-refractivity contribution >= 4 is 17.2 Å². The first-order valence-electron chi connectivity index (χ1n) is 5.62. The maximum absolute atomic E-state index is 2.34. The van der Waals surface area contributed by atoms with E-state index in [2.05, 4.69) is 41.5 Å². The van der Waals surface area contributed by atoms with E-state index in [4.69, 9.17) is 0 Å². The lowest BCUT2D eigenvalue weighted by Gasteiger charge is -2.19. The van der Waals surface area contributed by atoms with Crippen LogP contribution in [0.4, 0.5) is 0 Å². The van der Waals surface area contributed by atoms with Gasteiger partial charge in [0.2, 0.25) is 0 Å². The molecule has 0 aliphatic rings. The van der Waals surface area contributed by atoms with E-state index < -0.39 is 0 Å². The van der Waals surface area contributed by atoms with Gasteiger partial charge in [0.25, 0.3) is 0 Å². The van der Waals surface area contributed by atoms with Crippen LogP contribution in [0.3, 0.4) is 0 Å². The minimum absolute atomic E-state index is 0.547. The van der Waals surface area contributed by atoms with Gasteiger partial charge in [-0.1, -0.05) is 41.5 Å². The number of hydrogen-bond acceptors (Lipinski definition) is 0. The lowest BCUT2D eigenvalue weighted by atomic mass is 10.0. The zero-order chi connectivity index (χ0) is 11.2. The van der Waals surface area contributed by atoms with E-state index >= 15 is 0 Å². The van der Waals surface area contributed by atoms with Crippen LogP contribution < -0.4 is 0 Å². The van der Waals surface area contributed by atoms with Gasteiger partial charge >= 0.3 is 0 Å². The summed E-state index contributed by atoms with van der Waals surface area (Å²) in [6.07, 6.45) is 5.75. The van der Waals surface area contributed by atoms with E-state index in [1.54, 1.807) is 0 Å². The van der Waals surface area contributed by atoms with Crippen LogP contribution in [0, 0.1) is 10.8 Å². The topological polar surface area (TPSA) is 0 Å². The third-order valence-corrected chi connectivity index (χ3v) is 6.12. The molecule has 2 atom stereocenters. The standard InChI is InChI=1S/C12H28P2/c1-11(2,3)9-13-7-8-14-10-12(4,5)6/h13-14H,7-10H2,1-6H3. The van der Waals surface area contributed by atoms with E-state index in [0.29, 0.717) is 10.8 Å². The second kappa shape index (κ2) is 6.44. The molecule has 86 valence electrons. The molecule has 0 aliphatic carbocycles. The summed E-state index contributed by atoms with van der Waals surface area (Å²) in [6.45, 7) is 14.1. The van der Waals surface area contributed by atoms with Gasteiger partial charge in [-0.15, -0.1) is 17.2 Å². The van der Waals surface area contributed by atoms with E-state index in [-0.39, 0.29) is 0 Å². The Morgan fingerprint density at radius 3 is 1.14 bits per heavy atom. The first-order chi connectivity index (χ1) is 6.21. The zero-order valence-corrected chi connectivity index (χ0v) is 12.8. The molecule has 0 aromatic heterocycles. The Morgan fingerprint density at radius 1 is 0.643 bits per heavy atom. The molecule has 0 saturated heterocycles. The van der Waals surface area contributed by atoms with Crippen molar-refractivity contribution in [1.82, 2.24) is 0 Å². The van der Waals surface area contributed by atoms with Gasteiger partial charge in [0.15, 0.2) is 0 Å². The molecule has 0 bridgehead atoms. The van der Waals surface area contributed by atoms with Gasteiger partial charge in [-0.25, -0.2) is 0 Å². The Hall–Kier alpha value is 0.860. The van der Waals surface area contributed by atoms with Gasteiger partial charge in [0.05, 0.1) is 0 Å². The van der Waals surface area contributed by atoms with Gasteiger partial charge < -0.3 is 0 Å². The van der Waals surface area contributed by atoms with Gasteiger partial charge in [0.1, 0.15) is 0 Å². The molecule has 0 spiro atoms. The lowest BCUT2D eigenvalue weighted by molar-refractivity contribution is 0.477. The second-order valence-corrected chi connectivity index (χ2v) is 9.18. The van der Waals surface area contributed by atoms with E-state index in [0.717, 1.165) is 0 Å². The Labute approximate surface area is 94.6 Å². The Bertz CT molecular complexity index is 121. The fraction of sp³-hybridized carbons (Fsp3) is 1.00. The van der Waals surface area contributed by atoms with Gasteiger partial charge in [0, 0.05) is 0 Å². The fourth-order valence-corrected chi connectivity index (χ4v) is 4.37. The van der Waals surface area contributed by atoms with Crippen molar-refractivity contribution in [1.29, 1.82) is 0 Å². The maximum atomic E-state index is 2.34. The quantitative estimate of drug-likeness (QED) is 0.487. The summed E-state index contributed by atoms with van der Waals surface area (Å²) in [5, 5.41) is 0. The van der Waals surface area contributed by atoms with Gasteiger partial charge in [-0.05, 0) is 35.5 Å². The molecule has 0 aliphatic heterocycles. The molecule has 0 amide bonds. The minimum Gasteiger partial charge on any atom is -0.121 e. The first kappa shape index (κ1) is 14.9. The Kier molecular flexibility index (Phi) is 6.84. The monoisotopic (exact) mass is 234 g/mol. The average Bonchev–Trinajstić information content (AvgIpc) is 1.92. The van der Waals surface area contributed by atoms with Crippen LogP contribution in [-0.4, -0.2) is 24.6 Å². The second-order valence-electron chi connectivity index (χ2n) is 6.47. The van der Waals surface area contributed by atoms with Crippen molar-refractivity contribution in [2.24, 2.45) is 10.8 Å². The van der Waals surface area contributed by atoms with Crippen molar-refractivity contribution in [2.45, 2.75) is 41.5 Å². The summed E-state index contributed by atoms with van der Waals surface area (Å²) in [5.41, 5.74) is 1.09. The molecule has 2 unspecified atom stereocenters.